The monoisotopic (exact) mass is 322 g/mol. The summed E-state index contributed by atoms with van der Waals surface area (Å²) in [5.74, 6) is 1.43. The Morgan fingerprint density at radius 1 is 1.41 bits per heavy atom. The van der Waals surface area contributed by atoms with Crippen LogP contribution in [0.1, 0.15) is 25.3 Å². The molecule has 1 aromatic heterocycles. The number of aryl methyl sites for hydroxylation is 1. The zero-order valence-corrected chi connectivity index (χ0v) is 13.9. The first-order chi connectivity index (χ1) is 10.6. The largest absolute Gasteiger partial charge is 0.336 e. The highest BCUT2D eigenvalue weighted by molar-refractivity contribution is 7.99. The molecule has 0 spiro atoms. The average molecular weight is 322 g/mol. The molecule has 2 fully saturated rings. The first-order valence-corrected chi connectivity index (χ1v) is 8.86. The fraction of sp³-hybridized carbons (Fsp3) is 0.667. The third-order valence-electron chi connectivity index (χ3n) is 4.39. The lowest BCUT2D eigenvalue weighted by atomic mass is 10.2. The van der Waals surface area contributed by atoms with Crippen molar-refractivity contribution in [1.82, 2.24) is 19.6 Å². The Labute approximate surface area is 134 Å². The quantitative estimate of drug-likeness (QED) is 0.836. The van der Waals surface area contributed by atoms with Crippen molar-refractivity contribution >= 4 is 23.6 Å². The molecule has 0 aromatic carbocycles. The second kappa shape index (κ2) is 6.32. The van der Waals surface area contributed by atoms with Gasteiger partial charge in [-0.25, -0.2) is 0 Å². The number of likely N-dealkylation sites (tertiary alicyclic amines) is 1. The van der Waals surface area contributed by atoms with Gasteiger partial charge in [0.05, 0.1) is 24.7 Å². The van der Waals surface area contributed by atoms with Crippen molar-refractivity contribution in [3.05, 3.63) is 18.0 Å². The number of amides is 2. The third-order valence-corrected chi connectivity index (χ3v) is 5.40. The standard InChI is InChI=1S/C15H22N4O2S/c1-11-6-16-17(7-11)8-13-4-3-5-18(13)15(21)14-9-22-10-19(14)12(2)20/h6-7,13-14H,3-5,8-10H2,1-2H3/t13-,14-/m1/s1. The minimum Gasteiger partial charge on any atom is -0.336 e. The summed E-state index contributed by atoms with van der Waals surface area (Å²) in [4.78, 5) is 28.2. The van der Waals surface area contributed by atoms with E-state index >= 15 is 0 Å². The molecule has 2 aliphatic rings. The predicted octanol–water partition coefficient (Wildman–Crippen LogP) is 1.10. The number of rotatable bonds is 3. The summed E-state index contributed by atoms with van der Waals surface area (Å²) < 4.78 is 1.91. The number of carbonyl (C=O) groups is 2. The number of thioether (sulfide) groups is 1. The Balaban J connectivity index is 1.69. The molecular weight excluding hydrogens is 300 g/mol. The summed E-state index contributed by atoms with van der Waals surface area (Å²) >= 11 is 1.65. The molecule has 3 rings (SSSR count). The van der Waals surface area contributed by atoms with Gasteiger partial charge in [-0.1, -0.05) is 0 Å². The summed E-state index contributed by atoms with van der Waals surface area (Å²) in [5, 5.41) is 4.32. The van der Waals surface area contributed by atoms with Gasteiger partial charge in [0.15, 0.2) is 0 Å². The lowest BCUT2D eigenvalue weighted by Gasteiger charge is -2.30. The smallest absolute Gasteiger partial charge is 0.246 e. The first kappa shape index (κ1) is 15.4. The van der Waals surface area contributed by atoms with E-state index in [0.29, 0.717) is 11.6 Å². The van der Waals surface area contributed by atoms with E-state index in [1.165, 1.54) is 0 Å². The van der Waals surface area contributed by atoms with E-state index in [2.05, 4.69) is 5.10 Å². The number of hydrogen-bond acceptors (Lipinski definition) is 4. The van der Waals surface area contributed by atoms with Crippen molar-refractivity contribution in [2.45, 2.75) is 45.3 Å². The maximum absolute atomic E-state index is 12.9. The van der Waals surface area contributed by atoms with Crippen LogP contribution in [0, 0.1) is 6.92 Å². The van der Waals surface area contributed by atoms with Gasteiger partial charge in [0.25, 0.3) is 0 Å². The molecule has 2 aliphatic heterocycles. The fourth-order valence-electron chi connectivity index (χ4n) is 3.25. The van der Waals surface area contributed by atoms with Crippen molar-refractivity contribution in [1.29, 1.82) is 0 Å². The summed E-state index contributed by atoms with van der Waals surface area (Å²) in [6.07, 6.45) is 5.88. The molecule has 2 saturated heterocycles. The third kappa shape index (κ3) is 2.99. The van der Waals surface area contributed by atoms with Gasteiger partial charge >= 0.3 is 0 Å². The van der Waals surface area contributed by atoms with E-state index in [4.69, 9.17) is 0 Å². The molecule has 0 N–H and O–H groups in total. The molecule has 1 aromatic rings. The van der Waals surface area contributed by atoms with Crippen molar-refractivity contribution in [3.63, 3.8) is 0 Å². The minimum absolute atomic E-state index is 0.0122. The van der Waals surface area contributed by atoms with Crippen LogP contribution in [0.3, 0.4) is 0 Å². The summed E-state index contributed by atoms with van der Waals surface area (Å²) in [7, 11) is 0. The Hall–Kier alpha value is -1.50. The van der Waals surface area contributed by atoms with Crippen LogP contribution >= 0.6 is 11.8 Å². The Morgan fingerprint density at radius 3 is 2.91 bits per heavy atom. The number of aromatic nitrogens is 2. The topological polar surface area (TPSA) is 58.4 Å². The van der Waals surface area contributed by atoms with Crippen LogP contribution in [0.25, 0.3) is 0 Å². The molecule has 22 heavy (non-hydrogen) atoms. The summed E-state index contributed by atoms with van der Waals surface area (Å²) in [6.45, 7) is 5.08. The van der Waals surface area contributed by atoms with Gasteiger partial charge in [-0.05, 0) is 25.3 Å². The molecule has 2 atom stereocenters. The molecule has 6 nitrogen and oxygen atoms in total. The molecule has 0 unspecified atom stereocenters. The number of hydrogen-bond donors (Lipinski definition) is 0. The normalized spacial score (nSPS) is 25.0. The second-order valence-electron chi connectivity index (χ2n) is 6.07. The minimum atomic E-state index is -0.289. The molecule has 0 bridgehead atoms. The Morgan fingerprint density at radius 2 is 2.23 bits per heavy atom. The van der Waals surface area contributed by atoms with E-state index in [1.54, 1.807) is 23.6 Å². The van der Waals surface area contributed by atoms with Gasteiger partial charge in [-0.2, -0.15) is 5.10 Å². The van der Waals surface area contributed by atoms with Crippen LogP contribution in [-0.4, -0.2) is 61.7 Å². The van der Waals surface area contributed by atoms with E-state index in [9.17, 15) is 9.59 Å². The molecule has 2 amide bonds. The lowest BCUT2D eigenvalue weighted by molar-refractivity contribution is -0.143. The fourth-order valence-corrected chi connectivity index (χ4v) is 4.46. The number of nitrogens with zero attached hydrogens (tertiary/aromatic N) is 4. The SMILES string of the molecule is CC(=O)N1CSC[C@@H]1C(=O)N1CCC[C@@H]1Cn1cc(C)cn1. The predicted molar refractivity (Wildman–Crippen MR) is 85.3 cm³/mol. The van der Waals surface area contributed by atoms with Gasteiger partial charge < -0.3 is 9.80 Å². The van der Waals surface area contributed by atoms with Crippen LogP contribution in [-0.2, 0) is 16.1 Å². The zero-order valence-electron chi connectivity index (χ0n) is 13.1. The van der Waals surface area contributed by atoms with E-state index in [1.807, 2.05) is 28.9 Å². The highest BCUT2D eigenvalue weighted by Gasteiger charge is 2.39. The van der Waals surface area contributed by atoms with Gasteiger partial charge in [0, 0.05) is 25.4 Å². The van der Waals surface area contributed by atoms with Crippen LogP contribution in [0.15, 0.2) is 12.4 Å². The molecular formula is C15H22N4O2S. The molecule has 0 saturated carbocycles. The lowest BCUT2D eigenvalue weighted by Crippen LogP contribution is -2.50. The van der Waals surface area contributed by atoms with Crippen molar-refractivity contribution in [2.24, 2.45) is 0 Å². The highest BCUT2D eigenvalue weighted by Crippen LogP contribution is 2.26. The van der Waals surface area contributed by atoms with Crippen LogP contribution in [0.4, 0.5) is 0 Å². The zero-order chi connectivity index (χ0) is 15.7. The Kier molecular flexibility index (Phi) is 4.42. The summed E-state index contributed by atoms with van der Waals surface area (Å²) in [5.41, 5.74) is 1.13. The number of carbonyl (C=O) groups excluding carboxylic acids is 2. The highest BCUT2D eigenvalue weighted by atomic mass is 32.2. The van der Waals surface area contributed by atoms with E-state index in [0.717, 1.165) is 31.5 Å². The van der Waals surface area contributed by atoms with Crippen molar-refractivity contribution in [2.75, 3.05) is 18.2 Å². The maximum Gasteiger partial charge on any atom is 0.246 e. The van der Waals surface area contributed by atoms with Gasteiger partial charge in [-0.3, -0.25) is 14.3 Å². The van der Waals surface area contributed by atoms with Crippen LogP contribution in [0.5, 0.6) is 0 Å². The van der Waals surface area contributed by atoms with Crippen LogP contribution in [0.2, 0.25) is 0 Å². The van der Waals surface area contributed by atoms with Gasteiger partial charge in [-0.15, -0.1) is 11.8 Å². The maximum atomic E-state index is 12.9. The summed E-state index contributed by atoms with van der Waals surface area (Å²) in [6, 6.07) is -0.103. The molecule has 3 heterocycles. The molecule has 0 aliphatic carbocycles. The van der Waals surface area contributed by atoms with Crippen molar-refractivity contribution < 1.29 is 9.59 Å². The second-order valence-corrected chi connectivity index (χ2v) is 7.07. The van der Waals surface area contributed by atoms with Gasteiger partial charge in [0.2, 0.25) is 11.8 Å². The first-order valence-electron chi connectivity index (χ1n) is 7.71. The molecule has 7 heteroatoms. The van der Waals surface area contributed by atoms with Gasteiger partial charge in [0.1, 0.15) is 6.04 Å². The van der Waals surface area contributed by atoms with E-state index < -0.39 is 0 Å². The Bertz CT molecular complexity index is 574. The molecule has 0 radical (unpaired) electrons. The van der Waals surface area contributed by atoms with E-state index in [-0.39, 0.29) is 23.9 Å². The average Bonchev–Trinajstić information content (AvgIpc) is 3.19. The van der Waals surface area contributed by atoms with Crippen LogP contribution < -0.4 is 0 Å². The van der Waals surface area contributed by atoms with Crippen molar-refractivity contribution in [3.8, 4) is 0 Å². The molecule has 120 valence electrons.